The van der Waals surface area contributed by atoms with Gasteiger partial charge in [-0.2, -0.15) is 0 Å². The lowest BCUT2D eigenvalue weighted by Crippen LogP contribution is -2.33. The molecule has 0 bridgehead atoms. The number of halogens is 1. The Kier molecular flexibility index (Phi) is 4.70. The number of benzene rings is 2. The van der Waals surface area contributed by atoms with Crippen molar-refractivity contribution < 1.29 is 18.7 Å². The molecule has 1 atom stereocenters. The van der Waals surface area contributed by atoms with Gasteiger partial charge in [0.25, 0.3) is 0 Å². The molecule has 2 aromatic carbocycles. The first kappa shape index (κ1) is 17.0. The molecule has 6 heteroatoms. The van der Waals surface area contributed by atoms with Crippen molar-refractivity contribution in [1.29, 1.82) is 0 Å². The Balaban J connectivity index is 1.77. The van der Waals surface area contributed by atoms with Crippen LogP contribution in [0.15, 0.2) is 42.5 Å². The molecule has 1 radical (unpaired) electrons. The van der Waals surface area contributed by atoms with E-state index in [1.807, 2.05) is 12.1 Å². The number of carbonyl (C=O) groups excluding carboxylic acids is 2. The predicted molar refractivity (Wildman–Crippen MR) is 92.6 cm³/mol. The van der Waals surface area contributed by atoms with Gasteiger partial charge in [0.15, 0.2) is 0 Å². The summed E-state index contributed by atoms with van der Waals surface area (Å²) in [6, 6.07) is 11.9. The summed E-state index contributed by atoms with van der Waals surface area (Å²) in [4.78, 5) is 24.3. The van der Waals surface area contributed by atoms with Gasteiger partial charge < -0.3 is 10.1 Å². The topological polar surface area (TPSA) is 58.6 Å². The fourth-order valence-electron chi connectivity index (χ4n) is 2.69. The lowest BCUT2D eigenvalue weighted by Gasteiger charge is -2.14. The zero-order valence-corrected chi connectivity index (χ0v) is 13.8. The molecule has 1 heterocycles. The molecule has 1 fully saturated rings. The van der Waals surface area contributed by atoms with E-state index in [1.165, 1.54) is 17.9 Å². The maximum atomic E-state index is 14.5. The highest BCUT2D eigenvalue weighted by Crippen LogP contribution is 2.29. The largest absolute Gasteiger partial charge is 0.442 e. The van der Waals surface area contributed by atoms with Gasteiger partial charge in [0.2, 0.25) is 5.91 Å². The van der Waals surface area contributed by atoms with Crippen molar-refractivity contribution in [3.8, 4) is 11.1 Å². The van der Waals surface area contributed by atoms with Crippen LogP contribution in [0.3, 0.4) is 0 Å². The van der Waals surface area contributed by atoms with Crippen LogP contribution in [-0.4, -0.2) is 31.2 Å². The van der Waals surface area contributed by atoms with E-state index in [4.69, 9.17) is 4.74 Å². The number of hydrogen-bond donors (Lipinski definition) is 1. The quantitative estimate of drug-likeness (QED) is 0.929. The first-order valence-electron chi connectivity index (χ1n) is 7.88. The van der Waals surface area contributed by atoms with Gasteiger partial charge in [-0.05, 0) is 36.2 Å². The maximum Gasteiger partial charge on any atom is 0.414 e. The van der Waals surface area contributed by atoms with Gasteiger partial charge in [0.1, 0.15) is 11.9 Å². The van der Waals surface area contributed by atoms with E-state index < -0.39 is 18.0 Å². The molecule has 1 N–H and O–H groups in total. The van der Waals surface area contributed by atoms with Crippen molar-refractivity contribution in [2.45, 2.75) is 13.0 Å². The molecule has 2 amide bonds. The number of nitrogens with zero attached hydrogens (tertiary/aromatic N) is 1. The molecule has 5 nitrogen and oxygen atoms in total. The second-order valence-corrected chi connectivity index (χ2v) is 5.91. The van der Waals surface area contributed by atoms with Gasteiger partial charge in [-0.1, -0.05) is 24.3 Å². The van der Waals surface area contributed by atoms with E-state index in [2.05, 4.69) is 12.2 Å². The molecule has 129 valence electrons. The van der Waals surface area contributed by atoms with Crippen molar-refractivity contribution in [2.24, 2.45) is 0 Å². The average molecular weight is 341 g/mol. The van der Waals surface area contributed by atoms with Gasteiger partial charge in [0, 0.05) is 12.5 Å². The van der Waals surface area contributed by atoms with Gasteiger partial charge in [-0.25, -0.2) is 9.18 Å². The van der Waals surface area contributed by atoms with Gasteiger partial charge in [-0.15, -0.1) is 0 Å². The Labute approximate surface area is 145 Å². The molecular weight excluding hydrogens is 323 g/mol. The number of cyclic esters (lactones) is 1. The number of hydrogen-bond acceptors (Lipinski definition) is 3. The standard InChI is InChI=1S/C19H18FN2O3/c1-12-3-5-14(6-4-12)17-8-7-15(9-18(17)20)22-11-16(25-19(22)24)10-21-13(2)23/h3-9,16H,1,10-11H2,2H3,(H,21,23)/t16-/m0/s1. The molecule has 1 saturated heterocycles. The highest BCUT2D eigenvalue weighted by Gasteiger charge is 2.32. The van der Waals surface area contributed by atoms with Gasteiger partial charge in [0.05, 0.1) is 18.8 Å². The highest BCUT2D eigenvalue weighted by atomic mass is 19.1. The number of ether oxygens (including phenoxy) is 1. The van der Waals surface area contributed by atoms with Crippen LogP contribution >= 0.6 is 0 Å². The predicted octanol–water partition coefficient (Wildman–Crippen LogP) is 3.14. The third-order valence-electron chi connectivity index (χ3n) is 3.98. The molecular formula is C19H18FN2O3. The summed E-state index contributed by atoms with van der Waals surface area (Å²) >= 11 is 0. The molecule has 0 aliphatic carbocycles. The summed E-state index contributed by atoms with van der Waals surface area (Å²) in [5.41, 5.74) is 2.46. The van der Waals surface area contributed by atoms with Crippen molar-refractivity contribution in [3.63, 3.8) is 0 Å². The normalized spacial score (nSPS) is 16.7. The minimum absolute atomic E-state index is 0.196. The Morgan fingerprint density at radius 1 is 1.32 bits per heavy atom. The summed E-state index contributed by atoms with van der Waals surface area (Å²) in [6.45, 7) is 5.69. The monoisotopic (exact) mass is 341 g/mol. The van der Waals surface area contributed by atoms with Crippen molar-refractivity contribution in [1.82, 2.24) is 5.32 Å². The maximum absolute atomic E-state index is 14.5. The summed E-state index contributed by atoms with van der Waals surface area (Å²) in [5.74, 6) is -0.620. The fourth-order valence-corrected chi connectivity index (χ4v) is 2.69. The van der Waals surface area contributed by atoms with Crippen LogP contribution in [0.25, 0.3) is 11.1 Å². The number of nitrogens with one attached hydrogen (secondary N) is 1. The Morgan fingerprint density at radius 2 is 2.04 bits per heavy atom. The molecule has 25 heavy (non-hydrogen) atoms. The Morgan fingerprint density at radius 3 is 2.68 bits per heavy atom. The minimum atomic E-state index is -0.552. The van der Waals surface area contributed by atoms with Crippen molar-refractivity contribution in [3.05, 3.63) is 60.8 Å². The fraction of sp³-hybridized carbons (Fsp3) is 0.211. The summed E-state index contributed by atoms with van der Waals surface area (Å²) in [6.07, 6.45) is -1.01. The minimum Gasteiger partial charge on any atom is -0.442 e. The lowest BCUT2D eigenvalue weighted by molar-refractivity contribution is -0.119. The molecule has 3 rings (SSSR count). The average Bonchev–Trinajstić information content (AvgIpc) is 2.95. The van der Waals surface area contributed by atoms with E-state index in [1.54, 1.807) is 24.3 Å². The van der Waals surface area contributed by atoms with Crippen LogP contribution in [0.5, 0.6) is 0 Å². The van der Waals surface area contributed by atoms with Crippen LogP contribution < -0.4 is 10.2 Å². The second kappa shape index (κ2) is 6.93. The van der Waals surface area contributed by atoms with Crippen LogP contribution in [-0.2, 0) is 9.53 Å². The number of amides is 2. The molecule has 0 unspecified atom stereocenters. The molecule has 0 aromatic heterocycles. The molecule has 1 aliphatic rings. The third kappa shape index (κ3) is 3.79. The van der Waals surface area contributed by atoms with E-state index >= 15 is 0 Å². The summed E-state index contributed by atoms with van der Waals surface area (Å²) < 4.78 is 19.7. The zero-order chi connectivity index (χ0) is 18.0. The lowest BCUT2D eigenvalue weighted by atomic mass is 10.0. The first-order valence-corrected chi connectivity index (χ1v) is 7.88. The first-order chi connectivity index (χ1) is 11.9. The zero-order valence-electron chi connectivity index (χ0n) is 13.8. The molecule has 2 aromatic rings. The summed E-state index contributed by atoms with van der Waals surface area (Å²) in [5, 5.41) is 2.60. The Bertz CT molecular complexity index is 805. The van der Waals surface area contributed by atoms with Gasteiger partial charge >= 0.3 is 6.09 Å². The van der Waals surface area contributed by atoms with E-state index in [0.717, 1.165) is 11.1 Å². The smallest absolute Gasteiger partial charge is 0.414 e. The number of carbonyl (C=O) groups is 2. The summed E-state index contributed by atoms with van der Waals surface area (Å²) in [7, 11) is 0. The van der Waals surface area contributed by atoms with Crippen LogP contribution in [0.1, 0.15) is 12.5 Å². The third-order valence-corrected chi connectivity index (χ3v) is 3.98. The number of anilines is 1. The van der Waals surface area contributed by atoms with E-state index in [-0.39, 0.29) is 19.0 Å². The van der Waals surface area contributed by atoms with Crippen molar-refractivity contribution in [2.75, 3.05) is 18.0 Å². The van der Waals surface area contributed by atoms with Crippen LogP contribution in [0, 0.1) is 12.7 Å². The Hall–Kier alpha value is -2.89. The molecule has 1 aliphatic heterocycles. The van der Waals surface area contributed by atoms with E-state index in [9.17, 15) is 14.0 Å². The molecule has 0 saturated carbocycles. The molecule has 0 spiro atoms. The second-order valence-electron chi connectivity index (χ2n) is 5.91. The van der Waals surface area contributed by atoms with Crippen LogP contribution in [0.2, 0.25) is 0 Å². The highest BCUT2D eigenvalue weighted by molar-refractivity contribution is 5.90. The van der Waals surface area contributed by atoms with Gasteiger partial charge in [-0.3, -0.25) is 9.69 Å². The van der Waals surface area contributed by atoms with Crippen LogP contribution in [0.4, 0.5) is 14.9 Å². The SMILES string of the molecule is [CH2]c1ccc(-c2ccc(N3C[C@H](CNC(C)=O)OC3=O)cc2F)cc1. The van der Waals surface area contributed by atoms with E-state index in [0.29, 0.717) is 11.3 Å². The number of rotatable bonds is 4. The van der Waals surface area contributed by atoms with Crippen molar-refractivity contribution >= 4 is 17.7 Å².